The first kappa shape index (κ1) is 40.5. The number of rotatable bonds is 13. The molecule has 16 rings (SSSR count). The van der Waals surface area contributed by atoms with Crippen LogP contribution in [-0.2, 0) is 33.1 Å². The molecular formula is C54H72N2O8. The van der Waals surface area contributed by atoms with E-state index in [2.05, 4.69) is 34.1 Å². The Morgan fingerprint density at radius 3 is 1.41 bits per heavy atom. The molecule has 346 valence electrons. The zero-order chi connectivity index (χ0) is 43.6. The lowest BCUT2D eigenvalue weighted by molar-refractivity contribution is -0.300. The van der Waals surface area contributed by atoms with Gasteiger partial charge in [0.2, 0.25) is 0 Å². The molecule has 64 heavy (non-hydrogen) atoms. The molecule has 10 nitrogen and oxygen atoms in total. The lowest BCUT2D eigenvalue weighted by Crippen LogP contribution is -2.82. The summed E-state index contributed by atoms with van der Waals surface area (Å²) in [5.41, 5.74) is 2.34. The third-order valence-corrected chi connectivity index (χ3v) is 21.6. The average molecular weight is 877 g/mol. The minimum Gasteiger partial charge on any atom is -0.486 e. The zero-order valence-electron chi connectivity index (χ0n) is 39.3. The summed E-state index contributed by atoms with van der Waals surface area (Å²) in [6.45, 7) is 13.3. The number of piperidine rings is 2. The minimum absolute atomic E-state index is 0.0157. The van der Waals surface area contributed by atoms with E-state index in [0.717, 1.165) is 112 Å². The van der Waals surface area contributed by atoms with Gasteiger partial charge in [-0.05, 0) is 166 Å². The van der Waals surface area contributed by atoms with Crippen LogP contribution in [0.5, 0.6) is 23.0 Å². The van der Waals surface area contributed by atoms with Crippen LogP contribution in [0.3, 0.4) is 0 Å². The molecule has 2 saturated heterocycles. The van der Waals surface area contributed by atoms with Crippen molar-refractivity contribution in [3.8, 4) is 23.0 Å². The van der Waals surface area contributed by atoms with Crippen molar-refractivity contribution in [2.45, 2.75) is 175 Å². The molecule has 2 aromatic carbocycles. The molecular weight excluding hydrogens is 805 g/mol. The fraction of sp³-hybridized carbons (Fsp3) is 0.778. The highest BCUT2D eigenvalue weighted by Gasteiger charge is 2.83. The second-order valence-electron chi connectivity index (χ2n) is 24.8. The SMILES string of the molecule is CO[C@@]12CC[C@@]3(C[C@@H]1C(C)(C)O)[C@H]1Cc4ccc(OCCOc5ccc6c7c5O[C@H]5[C@]8(OC)CC[C@@]9(C[C@@H]8C(C)(C)O)[C@@H](C6)N(CC6CC6)CC[C@]759)c5c4[C@@]3(CCN1CC1CC1)[C@H]2O5. The van der Waals surface area contributed by atoms with Crippen LogP contribution < -0.4 is 18.9 Å². The van der Waals surface area contributed by atoms with Gasteiger partial charge in [-0.25, -0.2) is 0 Å². The van der Waals surface area contributed by atoms with Crippen LogP contribution in [-0.4, -0.2) is 120 Å². The Balaban J connectivity index is 0.783. The fourth-order valence-electron chi connectivity index (χ4n) is 19.0. The van der Waals surface area contributed by atoms with Gasteiger partial charge >= 0.3 is 0 Å². The van der Waals surface area contributed by atoms with E-state index < -0.39 is 22.4 Å². The Bertz CT molecular complexity index is 2160. The Morgan fingerprint density at radius 1 is 0.609 bits per heavy atom. The van der Waals surface area contributed by atoms with Gasteiger partial charge < -0.3 is 38.6 Å². The van der Waals surface area contributed by atoms with Gasteiger partial charge in [-0.15, -0.1) is 0 Å². The van der Waals surface area contributed by atoms with Crippen LogP contribution in [0.15, 0.2) is 24.3 Å². The van der Waals surface area contributed by atoms with E-state index in [1.807, 2.05) is 41.9 Å². The summed E-state index contributed by atoms with van der Waals surface area (Å²) in [6, 6.07) is 9.89. The van der Waals surface area contributed by atoms with Gasteiger partial charge in [0.1, 0.15) is 36.6 Å². The van der Waals surface area contributed by atoms with Crippen molar-refractivity contribution in [2.75, 3.05) is 53.6 Å². The normalized spacial score (nSPS) is 44.0. The van der Waals surface area contributed by atoms with Gasteiger partial charge in [0.25, 0.3) is 0 Å². The molecule has 4 heterocycles. The van der Waals surface area contributed by atoms with Crippen LogP contribution in [0.2, 0.25) is 0 Å². The van der Waals surface area contributed by atoms with E-state index in [9.17, 15) is 10.2 Å². The summed E-state index contributed by atoms with van der Waals surface area (Å²) < 4.78 is 41.9. The number of hydrogen-bond donors (Lipinski definition) is 2. The van der Waals surface area contributed by atoms with Crippen molar-refractivity contribution in [3.05, 3.63) is 46.5 Å². The van der Waals surface area contributed by atoms with E-state index >= 15 is 0 Å². The van der Waals surface area contributed by atoms with Gasteiger partial charge in [-0.1, -0.05) is 12.1 Å². The molecule has 2 aromatic rings. The molecule has 2 N–H and O–H groups in total. The molecule has 0 amide bonds. The summed E-state index contributed by atoms with van der Waals surface area (Å²) in [4.78, 5) is 5.72. The minimum atomic E-state index is -0.898. The van der Waals surface area contributed by atoms with Crippen LogP contribution in [0, 0.1) is 34.5 Å². The van der Waals surface area contributed by atoms with Gasteiger partial charge in [-0.2, -0.15) is 0 Å². The molecule has 0 unspecified atom stereocenters. The third kappa shape index (κ3) is 4.66. The Hall–Kier alpha value is -2.60. The Morgan fingerprint density at radius 2 is 1.03 bits per heavy atom. The Kier molecular flexibility index (Phi) is 8.05. The smallest absolute Gasteiger partial charge is 0.165 e. The maximum absolute atomic E-state index is 11.9. The molecule has 0 aromatic heterocycles. The monoisotopic (exact) mass is 877 g/mol. The first-order valence-electron chi connectivity index (χ1n) is 25.6. The second kappa shape index (κ2) is 12.7. The van der Waals surface area contributed by atoms with E-state index in [-0.39, 0.29) is 45.7 Å². The van der Waals surface area contributed by atoms with Crippen LogP contribution >= 0.6 is 0 Å². The quantitative estimate of drug-likeness (QED) is 0.202. The topological polar surface area (TPSA) is 102 Å². The average Bonchev–Trinajstić information content (AvgIpc) is 4.21. The number of hydrogen-bond acceptors (Lipinski definition) is 10. The van der Waals surface area contributed by atoms with Crippen molar-refractivity contribution in [1.29, 1.82) is 0 Å². The zero-order valence-corrected chi connectivity index (χ0v) is 39.3. The number of aliphatic hydroxyl groups is 2. The lowest BCUT2D eigenvalue weighted by atomic mass is 9.34. The predicted molar refractivity (Wildman–Crippen MR) is 240 cm³/mol. The molecule has 10 heteroatoms. The fourth-order valence-corrected chi connectivity index (χ4v) is 19.0. The standard InChI is InChI=1S/C54H72N2O8/c1-47(2,57)37-27-49-15-17-53(37,59-5)45-51(49)19-21-55(29-31-7-8-31)39(49)25-33-11-13-35(43(63-45)41(33)51)61-23-24-62-36-14-12-34-26-40-50-16-18-54(60-6,38(28-50)48(3,4)58)46-52(50,42(34)44(36)64-46)20-22-56(40)30-32-9-10-32/h11-14,31-32,37-40,45-46,57-58H,7-10,15-30H2,1-6H3/t37-,38-,39-,40-,45-,46-,49-,50-,51+,52+,53+,54+/m1/s1. The van der Waals surface area contributed by atoms with E-state index in [1.165, 1.54) is 61.0 Å². The van der Waals surface area contributed by atoms with Crippen LogP contribution in [0.4, 0.5) is 0 Å². The summed E-state index contributed by atoms with van der Waals surface area (Å²) in [6.07, 6.45) is 15.2. The van der Waals surface area contributed by atoms with E-state index in [4.69, 9.17) is 28.4 Å². The number of nitrogens with zero attached hydrogens (tertiary/aromatic N) is 2. The lowest BCUT2D eigenvalue weighted by Gasteiger charge is -2.75. The van der Waals surface area contributed by atoms with Gasteiger partial charge in [0.15, 0.2) is 23.0 Å². The molecule has 8 saturated carbocycles. The highest BCUT2D eigenvalue weighted by molar-refractivity contribution is 5.65. The summed E-state index contributed by atoms with van der Waals surface area (Å²) in [5.74, 6) is 5.02. The highest BCUT2D eigenvalue weighted by atomic mass is 16.6. The van der Waals surface area contributed by atoms with Gasteiger partial charge in [-0.3, -0.25) is 9.80 Å². The Labute approximate surface area is 380 Å². The first-order chi connectivity index (χ1) is 30.7. The van der Waals surface area contributed by atoms with E-state index in [0.29, 0.717) is 25.3 Å². The molecule has 10 fully saturated rings. The predicted octanol–water partition coefficient (Wildman–Crippen LogP) is 7.14. The summed E-state index contributed by atoms with van der Waals surface area (Å²) in [5, 5.41) is 23.8. The largest absolute Gasteiger partial charge is 0.486 e. The van der Waals surface area contributed by atoms with Crippen molar-refractivity contribution < 1.29 is 38.6 Å². The number of benzene rings is 2. The molecule has 8 bridgehead atoms. The summed E-state index contributed by atoms with van der Waals surface area (Å²) in [7, 11) is 3.73. The highest BCUT2D eigenvalue weighted by Crippen LogP contribution is 2.79. The van der Waals surface area contributed by atoms with Crippen molar-refractivity contribution in [3.63, 3.8) is 0 Å². The maximum Gasteiger partial charge on any atom is 0.165 e. The first-order valence-corrected chi connectivity index (χ1v) is 25.6. The van der Waals surface area contributed by atoms with Crippen molar-refractivity contribution >= 4 is 0 Å². The van der Waals surface area contributed by atoms with Crippen LogP contribution in [0.25, 0.3) is 0 Å². The molecule has 4 aliphatic heterocycles. The molecule has 12 atom stereocenters. The number of methoxy groups -OCH3 is 2. The number of ether oxygens (including phenoxy) is 6. The molecule has 4 spiro atoms. The van der Waals surface area contributed by atoms with E-state index in [1.54, 1.807) is 0 Å². The number of fused-ring (bicyclic) bond motifs is 4. The molecule has 14 aliphatic rings. The molecule has 0 radical (unpaired) electrons. The van der Waals surface area contributed by atoms with Crippen LogP contribution in [0.1, 0.15) is 127 Å². The number of likely N-dealkylation sites (tertiary alicyclic amines) is 2. The third-order valence-electron chi connectivity index (χ3n) is 21.6. The van der Waals surface area contributed by atoms with Crippen molar-refractivity contribution in [1.82, 2.24) is 9.80 Å². The maximum atomic E-state index is 11.9. The molecule has 10 aliphatic carbocycles. The van der Waals surface area contributed by atoms with Crippen molar-refractivity contribution in [2.24, 2.45) is 34.5 Å². The second-order valence-corrected chi connectivity index (χ2v) is 24.8. The summed E-state index contributed by atoms with van der Waals surface area (Å²) >= 11 is 0. The van der Waals surface area contributed by atoms with Gasteiger partial charge in [0, 0.05) is 84.0 Å². The van der Waals surface area contributed by atoms with Gasteiger partial charge in [0.05, 0.1) is 11.2 Å².